The fourth-order valence-electron chi connectivity index (χ4n) is 2.52. The maximum atomic E-state index is 12.1. The van der Waals surface area contributed by atoms with Crippen LogP contribution in [0.2, 0.25) is 0 Å². The van der Waals surface area contributed by atoms with Crippen LogP contribution in [0.4, 0.5) is 0 Å². The van der Waals surface area contributed by atoms with Gasteiger partial charge in [-0.3, -0.25) is 4.79 Å². The van der Waals surface area contributed by atoms with Crippen molar-refractivity contribution in [2.24, 2.45) is 0 Å². The predicted molar refractivity (Wildman–Crippen MR) is 63.2 cm³/mol. The topological polar surface area (TPSA) is 74.7 Å². The Hall–Kier alpha value is -0.620. The summed E-state index contributed by atoms with van der Waals surface area (Å²) in [7, 11) is -3.24. The molecule has 0 aromatic heterocycles. The van der Waals surface area contributed by atoms with Gasteiger partial charge < -0.3 is 10.0 Å². The van der Waals surface area contributed by atoms with E-state index >= 15 is 0 Å². The minimum Gasteiger partial charge on any atom is -0.393 e. The summed E-state index contributed by atoms with van der Waals surface area (Å²) >= 11 is 0. The van der Waals surface area contributed by atoms with Crippen molar-refractivity contribution in [1.82, 2.24) is 4.90 Å². The fourth-order valence-corrected chi connectivity index (χ4v) is 4.39. The van der Waals surface area contributed by atoms with E-state index in [-0.39, 0.29) is 17.8 Å². The highest BCUT2D eigenvalue weighted by molar-refractivity contribution is 7.92. The Balaban J connectivity index is 2.04. The van der Waals surface area contributed by atoms with Crippen molar-refractivity contribution >= 4 is 15.7 Å². The quantitative estimate of drug-likeness (QED) is 0.717. The van der Waals surface area contributed by atoms with E-state index in [0.29, 0.717) is 38.8 Å². The summed E-state index contributed by atoms with van der Waals surface area (Å²) < 4.78 is 23.7. The summed E-state index contributed by atoms with van der Waals surface area (Å²) in [4.78, 5) is 13.7. The number of likely N-dealkylation sites (tertiary alicyclic amines) is 1. The Bertz CT molecular complexity index is 384. The third-order valence-electron chi connectivity index (χ3n) is 3.63. The summed E-state index contributed by atoms with van der Waals surface area (Å²) in [5, 5.41) is 8.54. The standard InChI is InChI=1S/C11H19NO4S/c13-9-4-6-12(7-5-9)11(14)10-3-1-2-8-17(10,15)16/h9-10,13H,1-8H2. The lowest BCUT2D eigenvalue weighted by molar-refractivity contribution is -0.132. The van der Waals surface area contributed by atoms with Crippen LogP contribution in [0.3, 0.4) is 0 Å². The summed E-state index contributed by atoms with van der Waals surface area (Å²) in [6.07, 6.45) is 2.70. The van der Waals surface area contributed by atoms with Crippen molar-refractivity contribution in [3.05, 3.63) is 0 Å². The van der Waals surface area contributed by atoms with E-state index in [1.807, 2.05) is 0 Å². The van der Waals surface area contributed by atoms with Crippen LogP contribution in [-0.4, -0.2) is 54.5 Å². The van der Waals surface area contributed by atoms with Gasteiger partial charge in [0.1, 0.15) is 5.25 Å². The second-order valence-electron chi connectivity index (χ2n) is 4.91. The second-order valence-corrected chi connectivity index (χ2v) is 7.21. The molecule has 1 N–H and O–H groups in total. The van der Waals surface area contributed by atoms with E-state index in [1.165, 1.54) is 0 Å². The number of aliphatic hydroxyl groups is 1. The molecule has 0 spiro atoms. The molecule has 6 heteroatoms. The Kier molecular flexibility index (Phi) is 3.73. The zero-order valence-electron chi connectivity index (χ0n) is 9.84. The van der Waals surface area contributed by atoms with E-state index in [9.17, 15) is 18.3 Å². The van der Waals surface area contributed by atoms with Gasteiger partial charge in [-0.25, -0.2) is 8.42 Å². The molecule has 2 heterocycles. The van der Waals surface area contributed by atoms with Gasteiger partial charge in [0.2, 0.25) is 5.91 Å². The number of aliphatic hydroxyl groups excluding tert-OH is 1. The van der Waals surface area contributed by atoms with Gasteiger partial charge in [-0.05, 0) is 25.7 Å². The first kappa shape index (κ1) is 12.8. The zero-order chi connectivity index (χ0) is 12.5. The molecule has 0 saturated carbocycles. The molecule has 2 saturated heterocycles. The number of nitrogens with zero attached hydrogens (tertiary/aromatic N) is 1. The molecule has 2 fully saturated rings. The number of hydrogen-bond donors (Lipinski definition) is 1. The van der Waals surface area contributed by atoms with Crippen molar-refractivity contribution in [2.75, 3.05) is 18.8 Å². The first-order valence-corrected chi connectivity index (χ1v) is 7.90. The van der Waals surface area contributed by atoms with Crippen LogP contribution < -0.4 is 0 Å². The molecule has 0 aliphatic carbocycles. The minimum atomic E-state index is -3.24. The van der Waals surface area contributed by atoms with Gasteiger partial charge in [-0.1, -0.05) is 6.42 Å². The highest BCUT2D eigenvalue weighted by Gasteiger charge is 2.38. The molecule has 5 nitrogen and oxygen atoms in total. The molecule has 0 aromatic carbocycles. The Labute approximate surface area is 102 Å². The van der Waals surface area contributed by atoms with Crippen molar-refractivity contribution in [3.63, 3.8) is 0 Å². The van der Waals surface area contributed by atoms with E-state index in [0.717, 1.165) is 6.42 Å². The Morgan fingerprint density at radius 1 is 1.12 bits per heavy atom. The first-order chi connectivity index (χ1) is 8.00. The third kappa shape index (κ3) is 2.80. The number of piperidine rings is 1. The molecule has 2 aliphatic rings. The number of rotatable bonds is 1. The largest absolute Gasteiger partial charge is 0.393 e. The molecule has 0 radical (unpaired) electrons. The highest BCUT2D eigenvalue weighted by Crippen LogP contribution is 2.23. The summed E-state index contributed by atoms with van der Waals surface area (Å²) in [6.45, 7) is 0.956. The molecule has 98 valence electrons. The van der Waals surface area contributed by atoms with Gasteiger partial charge in [-0.2, -0.15) is 0 Å². The van der Waals surface area contributed by atoms with Crippen molar-refractivity contribution in [2.45, 2.75) is 43.5 Å². The van der Waals surface area contributed by atoms with Crippen LogP contribution in [0.15, 0.2) is 0 Å². The van der Waals surface area contributed by atoms with Crippen LogP contribution in [0.1, 0.15) is 32.1 Å². The van der Waals surface area contributed by atoms with Crippen LogP contribution in [0.25, 0.3) is 0 Å². The molecule has 1 amide bonds. The van der Waals surface area contributed by atoms with Crippen LogP contribution in [0.5, 0.6) is 0 Å². The molecule has 17 heavy (non-hydrogen) atoms. The molecule has 0 bridgehead atoms. The molecule has 0 aromatic rings. The van der Waals surface area contributed by atoms with E-state index < -0.39 is 15.1 Å². The number of carbonyl (C=O) groups is 1. The lowest BCUT2D eigenvalue weighted by Gasteiger charge is -2.33. The number of sulfone groups is 1. The maximum absolute atomic E-state index is 12.1. The van der Waals surface area contributed by atoms with Crippen molar-refractivity contribution in [3.8, 4) is 0 Å². The van der Waals surface area contributed by atoms with E-state index in [1.54, 1.807) is 4.90 Å². The summed E-state index contributed by atoms with van der Waals surface area (Å²) in [5.41, 5.74) is 0. The van der Waals surface area contributed by atoms with Gasteiger partial charge >= 0.3 is 0 Å². The molecule has 1 atom stereocenters. The monoisotopic (exact) mass is 261 g/mol. The van der Waals surface area contributed by atoms with Gasteiger partial charge in [0, 0.05) is 13.1 Å². The average molecular weight is 261 g/mol. The predicted octanol–water partition coefficient (Wildman–Crippen LogP) is -0.0630. The molecule has 2 aliphatic heterocycles. The normalized spacial score (nSPS) is 30.2. The lowest BCUT2D eigenvalue weighted by atomic mass is 10.1. The minimum absolute atomic E-state index is 0.139. The van der Waals surface area contributed by atoms with Gasteiger partial charge in [0.05, 0.1) is 11.9 Å². The van der Waals surface area contributed by atoms with E-state index in [4.69, 9.17) is 0 Å². The number of carbonyl (C=O) groups excluding carboxylic acids is 1. The fraction of sp³-hybridized carbons (Fsp3) is 0.909. The smallest absolute Gasteiger partial charge is 0.240 e. The van der Waals surface area contributed by atoms with Crippen LogP contribution in [0, 0.1) is 0 Å². The third-order valence-corrected chi connectivity index (χ3v) is 5.79. The van der Waals surface area contributed by atoms with Crippen LogP contribution in [-0.2, 0) is 14.6 Å². The zero-order valence-corrected chi connectivity index (χ0v) is 10.7. The molecule has 1 unspecified atom stereocenters. The van der Waals surface area contributed by atoms with Gasteiger partial charge in [-0.15, -0.1) is 0 Å². The number of hydrogen-bond acceptors (Lipinski definition) is 4. The van der Waals surface area contributed by atoms with E-state index in [2.05, 4.69) is 0 Å². The Morgan fingerprint density at radius 2 is 1.76 bits per heavy atom. The number of amides is 1. The lowest BCUT2D eigenvalue weighted by Crippen LogP contribution is -2.48. The molecule has 2 rings (SSSR count). The molecular weight excluding hydrogens is 242 g/mol. The average Bonchev–Trinajstić information content (AvgIpc) is 2.28. The SMILES string of the molecule is O=C(C1CCCCS1(=O)=O)N1CCC(O)CC1. The summed E-state index contributed by atoms with van der Waals surface area (Å²) in [6, 6.07) is 0. The maximum Gasteiger partial charge on any atom is 0.240 e. The van der Waals surface area contributed by atoms with Crippen LogP contribution >= 0.6 is 0 Å². The van der Waals surface area contributed by atoms with Gasteiger partial charge in [0.15, 0.2) is 9.84 Å². The summed E-state index contributed by atoms with van der Waals surface area (Å²) in [5.74, 6) is -0.114. The molecular formula is C11H19NO4S. The second kappa shape index (κ2) is 4.94. The first-order valence-electron chi connectivity index (χ1n) is 6.19. The highest BCUT2D eigenvalue weighted by atomic mass is 32.2. The van der Waals surface area contributed by atoms with Gasteiger partial charge in [0.25, 0.3) is 0 Å². The van der Waals surface area contributed by atoms with Crippen molar-refractivity contribution < 1.29 is 18.3 Å². The van der Waals surface area contributed by atoms with Crippen molar-refractivity contribution in [1.29, 1.82) is 0 Å². The Morgan fingerprint density at radius 3 is 2.35 bits per heavy atom.